The molecule has 0 aliphatic carbocycles. The number of aromatic nitrogens is 2. The number of thioether (sulfide) groups is 1. The normalized spacial score (nSPS) is 15.2. The van der Waals surface area contributed by atoms with Gasteiger partial charge in [0.1, 0.15) is 12.4 Å². The number of ether oxygens (including phenoxy) is 1. The van der Waals surface area contributed by atoms with Crippen LogP contribution in [0.4, 0.5) is 0 Å². The molecule has 10 heteroatoms. The molecule has 0 amide bonds. The smallest absolute Gasteiger partial charge is 0.344 e. The Bertz CT molecular complexity index is 1500. The van der Waals surface area contributed by atoms with Crippen LogP contribution in [-0.4, -0.2) is 38.7 Å². The third-order valence-corrected chi connectivity index (χ3v) is 8.06. The van der Waals surface area contributed by atoms with Crippen LogP contribution in [0.5, 0.6) is 5.75 Å². The number of oxazole rings is 1. The fraction of sp³-hybridized carbons (Fsp3) is 0.345. The van der Waals surface area contributed by atoms with Crippen LogP contribution >= 0.6 is 23.4 Å². The summed E-state index contributed by atoms with van der Waals surface area (Å²) in [6.07, 6.45) is 6.33. The molecule has 1 unspecified atom stereocenters. The number of hydrogen-bond acceptors (Lipinski definition) is 7. The Hall–Kier alpha value is -3.43. The molecule has 2 aromatic heterocycles. The van der Waals surface area contributed by atoms with E-state index in [2.05, 4.69) is 59.7 Å². The van der Waals surface area contributed by atoms with Crippen LogP contribution in [0.1, 0.15) is 43.4 Å². The van der Waals surface area contributed by atoms with Crippen LogP contribution in [0.15, 0.2) is 63.5 Å². The molecule has 204 valence electrons. The summed E-state index contributed by atoms with van der Waals surface area (Å²) in [7, 11) is 0. The van der Waals surface area contributed by atoms with Crippen molar-refractivity contribution < 1.29 is 23.9 Å². The molecule has 1 atom stereocenters. The number of benzene rings is 2. The van der Waals surface area contributed by atoms with E-state index in [0.29, 0.717) is 35.6 Å². The van der Waals surface area contributed by atoms with Crippen LogP contribution in [-0.2, 0) is 35.6 Å². The SMILES string of the molecule is CC1Cc2c(OCc3cnco3)ccc3c2c(c(CC(C)(C)C=NOCC(=O)O)n3Cc2ccc(Cl)cc2)S1. The molecular weight excluding hydrogens is 538 g/mol. The average molecular weight is 568 g/mol. The Kier molecular flexibility index (Phi) is 7.91. The Morgan fingerprint density at radius 1 is 1.31 bits per heavy atom. The van der Waals surface area contributed by atoms with Crippen LogP contribution in [0.2, 0.25) is 5.02 Å². The molecule has 1 N–H and O–H groups in total. The third-order valence-electron chi connectivity index (χ3n) is 6.56. The van der Waals surface area contributed by atoms with E-state index in [4.69, 9.17) is 30.7 Å². The fourth-order valence-electron chi connectivity index (χ4n) is 4.84. The van der Waals surface area contributed by atoms with Crippen molar-refractivity contribution in [2.24, 2.45) is 10.6 Å². The van der Waals surface area contributed by atoms with Crippen molar-refractivity contribution in [3.05, 3.63) is 76.6 Å². The molecule has 0 saturated heterocycles. The van der Waals surface area contributed by atoms with E-state index < -0.39 is 18.0 Å². The molecule has 8 nitrogen and oxygen atoms in total. The topological polar surface area (TPSA) is 99.1 Å². The second-order valence-electron chi connectivity index (χ2n) is 10.4. The number of halogens is 1. The number of oxime groups is 1. The minimum Gasteiger partial charge on any atom is -0.485 e. The Labute approximate surface area is 235 Å². The van der Waals surface area contributed by atoms with Gasteiger partial charge in [-0.3, -0.25) is 0 Å². The zero-order chi connectivity index (χ0) is 27.6. The highest BCUT2D eigenvalue weighted by Gasteiger charge is 2.31. The highest BCUT2D eigenvalue weighted by Crippen LogP contribution is 2.48. The van der Waals surface area contributed by atoms with Crippen molar-refractivity contribution in [3.63, 3.8) is 0 Å². The van der Waals surface area contributed by atoms with Gasteiger partial charge in [0.2, 0.25) is 6.61 Å². The summed E-state index contributed by atoms with van der Waals surface area (Å²) in [6.45, 7) is 6.90. The van der Waals surface area contributed by atoms with Crippen LogP contribution in [0, 0.1) is 5.41 Å². The largest absolute Gasteiger partial charge is 0.485 e. The summed E-state index contributed by atoms with van der Waals surface area (Å²) in [4.78, 5) is 21.0. The molecule has 0 bridgehead atoms. The van der Waals surface area contributed by atoms with Crippen molar-refractivity contribution in [2.75, 3.05) is 6.61 Å². The van der Waals surface area contributed by atoms with Crippen molar-refractivity contribution in [1.82, 2.24) is 9.55 Å². The summed E-state index contributed by atoms with van der Waals surface area (Å²) < 4.78 is 14.0. The third kappa shape index (κ3) is 6.25. The summed E-state index contributed by atoms with van der Waals surface area (Å²) in [5.41, 5.74) is 4.28. The van der Waals surface area contributed by atoms with Gasteiger partial charge >= 0.3 is 5.97 Å². The number of hydrogen-bond donors (Lipinski definition) is 1. The number of nitrogens with zero attached hydrogens (tertiary/aromatic N) is 3. The lowest BCUT2D eigenvalue weighted by molar-refractivity contribution is -0.142. The Morgan fingerprint density at radius 2 is 2.10 bits per heavy atom. The van der Waals surface area contributed by atoms with Gasteiger partial charge in [0.15, 0.2) is 12.2 Å². The molecule has 2 aromatic carbocycles. The van der Waals surface area contributed by atoms with Gasteiger partial charge in [0.25, 0.3) is 0 Å². The van der Waals surface area contributed by atoms with E-state index in [1.54, 1.807) is 12.4 Å². The molecule has 0 spiro atoms. The second kappa shape index (κ2) is 11.4. The van der Waals surface area contributed by atoms with Gasteiger partial charge < -0.3 is 23.7 Å². The molecule has 0 saturated carbocycles. The molecule has 1 aliphatic heterocycles. The predicted octanol–water partition coefficient (Wildman–Crippen LogP) is 6.60. The van der Waals surface area contributed by atoms with E-state index in [0.717, 1.165) is 23.3 Å². The maximum Gasteiger partial charge on any atom is 0.344 e. The highest BCUT2D eigenvalue weighted by molar-refractivity contribution is 8.00. The molecule has 4 aromatic rings. The minimum absolute atomic E-state index is 0.313. The highest BCUT2D eigenvalue weighted by atomic mass is 35.5. The van der Waals surface area contributed by atoms with E-state index in [-0.39, 0.29) is 0 Å². The fourth-order valence-corrected chi connectivity index (χ4v) is 6.29. The van der Waals surface area contributed by atoms with E-state index in [1.807, 2.05) is 23.9 Å². The molecular formula is C29H30ClN3O5S. The first kappa shape index (κ1) is 27.1. The zero-order valence-corrected chi connectivity index (χ0v) is 23.6. The van der Waals surface area contributed by atoms with Crippen molar-refractivity contribution in [2.45, 2.75) is 56.9 Å². The lowest BCUT2D eigenvalue weighted by atomic mass is 9.89. The molecule has 39 heavy (non-hydrogen) atoms. The van der Waals surface area contributed by atoms with E-state index in [1.165, 1.54) is 27.9 Å². The maximum absolute atomic E-state index is 10.8. The number of rotatable bonds is 11. The van der Waals surface area contributed by atoms with Crippen LogP contribution in [0.3, 0.4) is 0 Å². The van der Waals surface area contributed by atoms with Gasteiger partial charge in [-0.2, -0.15) is 0 Å². The summed E-state index contributed by atoms with van der Waals surface area (Å²) in [5.74, 6) is 0.468. The monoisotopic (exact) mass is 567 g/mol. The quantitative estimate of drug-likeness (QED) is 0.161. The Balaban J connectivity index is 1.58. The number of carbonyl (C=O) groups is 1. The van der Waals surface area contributed by atoms with Gasteiger partial charge in [0, 0.05) is 50.0 Å². The van der Waals surface area contributed by atoms with Crippen molar-refractivity contribution >= 4 is 46.4 Å². The summed E-state index contributed by atoms with van der Waals surface area (Å²) in [5, 5.41) is 15.1. The first-order valence-electron chi connectivity index (χ1n) is 12.7. The Morgan fingerprint density at radius 3 is 2.82 bits per heavy atom. The summed E-state index contributed by atoms with van der Waals surface area (Å²) >= 11 is 8.05. The van der Waals surface area contributed by atoms with Crippen molar-refractivity contribution in [1.29, 1.82) is 0 Å². The van der Waals surface area contributed by atoms with Crippen LogP contribution in [0.25, 0.3) is 10.9 Å². The first-order valence-corrected chi connectivity index (χ1v) is 13.9. The second-order valence-corrected chi connectivity index (χ2v) is 12.3. The average Bonchev–Trinajstić information content (AvgIpc) is 3.50. The van der Waals surface area contributed by atoms with E-state index in [9.17, 15) is 4.79 Å². The first-order chi connectivity index (χ1) is 18.7. The molecule has 3 heterocycles. The van der Waals surface area contributed by atoms with Gasteiger partial charge in [-0.1, -0.05) is 49.7 Å². The molecule has 0 radical (unpaired) electrons. The summed E-state index contributed by atoms with van der Waals surface area (Å²) in [6, 6.07) is 12.1. The van der Waals surface area contributed by atoms with Gasteiger partial charge in [0.05, 0.1) is 11.7 Å². The number of carboxylic acids is 1. The maximum atomic E-state index is 10.8. The molecule has 1 aliphatic rings. The zero-order valence-electron chi connectivity index (χ0n) is 22.0. The predicted molar refractivity (Wildman–Crippen MR) is 152 cm³/mol. The van der Waals surface area contributed by atoms with Crippen LogP contribution < -0.4 is 4.74 Å². The lowest BCUT2D eigenvalue weighted by Crippen LogP contribution is -2.21. The standard InChI is InChI=1S/C29H30ClN3O5S/c1-18-10-22-25(36-14-21-12-31-17-37-21)9-8-23-27(22)28(39-18)24(11-29(2,3)16-32-38-15-26(34)35)33(23)13-19-4-6-20(30)7-5-19/h4-9,12,16-18H,10-11,13-15H2,1-3H3,(H,34,35). The van der Waals surface area contributed by atoms with Gasteiger partial charge in [-0.15, -0.1) is 11.8 Å². The number of carboxylic acid groups (broad SMARTS) is 1. The number of aliphatic carboxylic acids is 1. The van der Waals surface area contributed by atoms with Gasteiger partial charge in [-0.05, 0) is 42.7 Å². The van der Waals surface area contributed by atoms with E-state index >= 15 is 0 Å². The van der Waals surface area contributed by atoms with Gasteiger partial charge in [-0.25, -0.2) is 9.78 Å². The molecule has 5 rings (SSSR count). The molecule has 0 fully saturated rings. The minimum atomic E-state index is -1.06. The van der Waals surface area contributed by atoms with Crippen molar-refractivity contribution in [3.8, 4) is 5.75 Å². The lowest BCUT2D eigenvalue weighted by Gasteiger charge is -2.24.